The number of nitrogens with one attached hydrogen (secondary N) is 1. The molecule has 3 N–H and O–H groups in total. The molecule has 0 atom stereocenters. The fourth-order valence-electron chi connectivity index (χ4n) is 1.95. The number of methoxy groups -OCH3 is 1. The summed E-state index contributed by atoms with van der Waals surface area (Å²) in [4.78, 5) is 0. The predicted octanol–water partition coefficient (Wildman–Crippen LogP) is 2.20. The summed E-state index contributed by atoms with van der Waals surface area (Å²) in [5.41, 5.74) is 6.19. The molecule has 1 fully saturated rings. The molecule has 1 aliphatic carbocycles. The molecule has 1 saturated carbocycles. The Bertz CT molecular complexity index is 409. The summed E-state index contributed by atoms with van der Waals surface area (Å²) in [6.45, 7) is -2.84. The average molecular weight is 258 g/mol. The first-order chi connectivity index (χ1) is 8.58. The van der Waals surface area contributed by atoms with Crippen LogP contribution in [-0.4, -0.2) is 25.8 Å². The van der Waals surface area contributed by atoms with Gasteiger partial charge in [0.15, 0.2) is 0 Å². The van der Waals surface area contributed by atoms with Crippen molar-refractivity contribution >= 4 is 5.69 Å². The normalized spacial score (nSPS) is 22.5. The first kappa shape index (κ1) is 12.9. The van der Waals surface area contributed by atoms with Crippen LogP contribution in [0.25, 0.3) is 0 Å². The number of rotatable bonds is 5. The molecule has 1 aromatic rings. The van der Waals surface area contributed by atoms with Crippen LogP contribution in [0.1, 0.15) is 12.8 Å². The van der Waals surface area contributed by atoms with Crippen molar-refractivity contribution in [2.75, 3.05) is 12.4 Å². The summed E-state index contributed by atoms with van der Waals surface area (Å²) in [7, 11) is 1.52. The lowest BCUT2D eigenvalue weighted by atomic mass is 9.87. The van der Waals surface area contributed by atoms with Gasteiger partial charge < -0.3 is 20.5 Å². The van der Waals surface area contributed by atoms with Crippen LogP contribution < -0.4 is 20.5 Å². The van der Waals surface area contributed by atoms with Crippen LogP contribution in [0.4, 0.5) is 14.5 Å². The first-order valence-electron chi connectivity index (χ1n) is 5.73. The van der Waals surface area contributed by atoms with E-state index < -0.39 is 6.61 Å². The highest BCUT2D eigenvalue weighted by Crippen LogP contribution is 2.33. The molecule has 18 heavy (non-hydrogen) atoms. The molecule has 0 spiro atoms. The summed E-state index contributed by atoms with van der Waals surface area (Å²) >= 11 is 0. The third-order valence-electron chi connectivity index (χ3n) is 2.94. The number of halogens is 2. The van der Waals surface area contributed by atoms with Crippen molar-refractivity contribution in [1.29, 1.82) is 0 Å². The molecule has 1 aromatic carbocycles. The average Bonchev–Trinajstić information content (AvgIpc) is 2.28. The Morgan fingerprint density at radius 1 is 1.39 bits per heavy atom. The van der Waals surface area contributed by atoms with Crippen molar-refractivity contribution in [1.82, 2.24) is 0 Å². The van der Waals surface area contributed by atoms with Gasteiger partial charge in [-0.25, -0.2) is 0 Å². The highest BCUT2D eigenvalue weighted by molar-refractivity contribution is 5.60. The Hall–Kier alpha value is -1.56. The van der Waals surface area contributed by atoms with E-state index in [1.54, 1.807) is 12.1 Å². The molecule has 0 amide bonds. The minimum absolute atomic E-state index is 0.117. The van der Waals surface area contributed by atoms with Gasteiger partial charge in [-0.2, -0.15) is 8.78 Å². The monoisotopic (exact) mass is 258 g/mol. The highest BCUT2D eigenvalue weighted by Gasteiger charge is 2.26. The van der Waals surface area contributed by atoms with E-state index in [4.69, 9.17) is 10.5 Å². The van der Waals surface area contributed by atoms with E-state index in [1.807, 2.05) is 0 Å². The summed E-state index contributed by atoms with van der Waals surface area (Å²) in [6.07, 6.45) is 1.65. The van der Waals surface area contributed by atoms with Crippen molar-refractivity contribution in [3.05, 3.63) is 18.2 Å². The summed E-state index contributed by atoms with van der Waals surface area (Å²) < 4.78 is 34.1. The molecule has 0 unspecified atom stereocenters. The second-order valence-corrected chi connectivity index (χ2v) is 4.31. The molecule has 0 bridgehead atoms. The summed E-state index contributed by atoms with van der Waals surface area (Å²) in [6, 6.07) is 5.07. The van der Waals surface area contributed by atoms with Gasteiger partial charge in [0.25, 0.3) is 0 Å². The second kappa shape index (κ2) is 5.39. The van der Waals surface area contributed by atoms with E-state index in [-0.39, 0.29) is 17.8 Å². The Kier molecular flexibility index (Phi) is 3.86. The summed E-state index contributed by atoms with van der Waals surface area (Å²) in [5, 5.41) is 3.14. The van der Waals surface area contributed by atoms with Crippen LogP contribution in [-0.2, 0) is 0 Å². The van der Waals surface area contributed by atoms with E-state index in [9.17, 15) is 8.78 Å². The van der Waals surface area contributed by atoms with Crippen LogP contribution in [0.15, 0.2) is 18.2 Å². The van der Waals surface area contributed by atoms with Gasteiger partial charge in [0.05, 0.1) is 12.8 Å². The zero-order valence-electron chi connectivity index (χ0n) is 10.0. The Morgan fingerprint density at radius 2 is 2.11 bits per heavy atom. The van der Waals surface area contributed by atoms with Gasteiger partial charge in [-0.3, -0.25) is 0 Å². The van der Waals surface area contributed by atoms with Gasteiger partial charge in [-0.15, -0.1) is 0 Å². The fourth-order valence-corrected chi connectivity index (χ4v) is 1.95. The lowest BCUT2D eigenvalue weighted by Crippen LogP contribution is -2.44. The number of hydrogen-bond acceptors (Lipinski definition) is 4. The SMILES string of the molecule is COc1ccc(OC(F)F)c(NC2CC(N)C2)c1. The van der Waals surface area contributed by atoms with E-state index in [1.165, 1.54) is 13.2 Å². The molecule has 0 saturated heterocycles. The van der Waals surface area contributed by atoms with Crippen molar-refractivity contribution in [3.8, 4) is 11.5 Å². The third kappa shape index (κ3) is 3.01. The molecule has 0 radical (unpaired) electrons. The van der Waals surface area contributed by atoms with Crippen molar-refractivity contribution in [2.45, 2.75) is 31.5 Å². The van der Waals surface area contributed by atoms with Gasteiger partial charge in [0.1, 0.15) is 11.5 Å². The van der Waals surface area contributed by atoms with Crippen LogP contribution in [0.3, 0.4) is 0 Å². The molecule has 6 heteroatoms. The minimum Gasteiger partial charge on any atom is -0.497 e. The fraction of sp³-hybridized carbons (Fsp3) is 0.500. The van der Waals surface area contributed by atoms with Crippen molar-refractivity contribution < 1.29 is 18.3 Å². The third-order valence-corrected chi connectivity index (χ3v) is 2.94. The number of ether oxygens (including phenoxy) is 2. The number of benzene rings is 1. The Morgan fingerprint density at radius 3 is 2.67 bits per heavy atom. The quantitative estimate of drug-likeness (QED) is 0.850. The number of anilines is 1. The largest absolute Gasteiger partial charge is 0.497 e. The number of alkyl halides is 2. The highest BCUT2D eigenvalue weighted by atomic mass is 19.3. The lowest BCUT2D eigenvalue weighted by molar-refractivity contribution is -0.0494. The second-order valence-electron chi connectivity index (χ2n) is 4.31. The van der Waals surface area contributed by atoms with Crippen LogP contribution >= 0.6 is 0 Å². The van der Waals surface area contributed by atoms with E-state index in [0.29, 0.717) is 11.4 Å². The topological polar surface area (TPSA) is 56.5 Å². The smallest absolute Gasteiger partial charge is 0.387 e. The standard InChI is InChI=1S/C12H16F2N2O2/c1-17-9-2-3-11(18-12(13)14)10(6-9)16-8-4-7(15)5-8/h2-3,6-8,12,16H,4-5,15H2,1H3. The molecular weight excluding hydrogens is 242 g/mol. The van der Waals surface area contributed by atoms with E-state index in [2.05, 4.69) is 10.1 Å². The molecule has 2 rings (SSSR count). The maximum Gasteiger partial charge on any atom is 0.387 e. The van der Waals surface area contributed by atoms with Crippen molar-refractivity contribution in [2.24, 2.45) is 5.73 Å². The Labute approximate surface area is 104 Å². The van der Waals surface area contributed by atoms with Gasteiger partial charge in [0, 0.05) is 18.2 Å². The molecule has 100 valence electrons. The molecule has 0 aliphatic heterocycles. The summed E-state index contributed by atoms with van der Waals surface area (Å²) in [5.74, 6) is 0.703. The van der Waals surface area contributed by atoms with Crippen LogP contribution in [0, 0.1) is 0 Å². The zero-order chi connectivity index (χ0) is 13.1. The minimum atomic E-state index is -2.84. The number of hydrogen-bond donors (Lipinski definition) is 2. The molecule has 0 heterocycles. The van der Waals surface area contributed by atoms with Gasteiger partial charge in [-0.1, -0.05) is 0 Å². The van der Waals surface area contributed by atoms with Gasteiger partial charge >= 0.3 is 6.61 Å². The lowest BCUT2D eigenvalue weighted by Gasteiger charge is -2.34. The molecule has 0 aromatic heterocycles. The van der Waals surface area contributed by atoms with Crippen LogP contribution in [0.5, 0.6) is 11.5 Å². The van der Waals surface area contributed by atoms with Crippen molar-refractivity contribution in [3.63, 3.8) is 0 Å². The maximum atomic E-state index is 12.3. The molecular formula is C12H16F2N2O2. The predicted molar refractivity (Wildman–Crippen MR) is 64.2 cm³/mol. The zero-order valence-corrected chi connectivity index (χ0v) is 10.0. The van der Waals surface area contributed by atoms with Gasteiger partial charge in [0.2, 0.25) is 0 Å². The van der Waals surface area contributed by atoms with E-state index >= 15 is 0 Å². The van der Waals surface area contributed by atoms with E-state index in [0.717, 1.165) is 12.8 Å². The van der Waals surface area contributed by atoms with Crippen LogP contribution in [0.2, 0.25) is 0 Å². The molecule has 1 aliphatic rings. The Balaban J connectivity index is 2.12. The first-order valence-corrected chi connectivity index (χ1v) is 5.73. The molecule has 4 nitrogen and oxygen atoms in total. The van der Waals surface area contributed by atoms with Gasteiger partial charge in [-0.05, 0) is 25.0 Å². The number of nitrogens with two attached hydrogens (primary N) is 1. The maximum absolute atomic E-state index is 12.3.